The molecule has 2 nitrogen and oxygen atoms in total. The van der Waals surface area contributed by atoms with Gasteiger partial charge >= 0.3 is 0 Å². The number of ketones is 1. The zero-order chi connectivity index (χ0) is 11.5. The quantitative estimate of drug-likeness (QED) is 0.612. The van der Waals surface area contributed by atoms with Crippen molar-refractivity contribution in [3.63, 3.8) is 0 Å². The molecule has 0 heterocycles. The molecule has 80 valence electrons. The second-order valence-electron chi connectivity index (χ2n) is 3.72. The number of carbonyl (C=O) groups excluding carboxylic acids is 1. The minimum atomic E-state index is 0.0336. The van der Waals surface area contributed by atoms with Crippen LogP contribution in [0.1, 0.15) is 17.3 Å². The second kappa shape index (κ2) is 4.19. The van der Waals surface area contributed by atoms with Gasteiger partial charge in [0.25, 0.3) is 0 Å². The van der Waals surface area contributed by atoms with E-state index in [4.69, 9.17) is 5.73 Å². The summed E-state index contributed by atoms with van der Waals surface area (Å²) in [7, 11) is 0. The molecule has 0 atom stereocenters. The van der Waals surface area contributed by atoms with Gasteiger partial charge in [-0.25, -0.2) is 0 Å². The Morgan fingerprint density at radius 2 is 1.75 bits per heavy atom. The number of rotatable bonds is 2. The Morgan fingerprint density at radius 1 is 1.06 bits per heavy atom. The number of nitrogens with two attached hydrogens (primary N) is 1. The fourth-order valence-corrected chi connectivity index (χ4v) is 1.66. The Bertz CT molecular complexity index is 518. The lowest BCUT2D eigenvalue weighted by atomic mass is 10.0. The highest BCUT2D eigenvalue weighted by molar-refractivity contribution is 5.96. The van der Waals surface area contributed by atoms with E-state index < -0.39 is 0 Å². The number of anilines is 1. The van der Waals surface area contributed by atoms with Crippen LogP contribution in [0.15, 0.2) is 48.5 Å². The summed E-state index contributed by atoms with van der Waals surface area (Å²) in [5.74, 6) is 0.0336. The third-order valence-corrected chi connectivity index (χ3v) is 2.54. The molecule has 0 aliphatic heterocycles. The molecule has 0 bridgehead atoms. The molecule has 2 aromatic rings. The van der Waals surface area contributed by atoms with E-state index in [2.05, 4.69) is 0 Å². The Hall–Kier alpha value is -2.09. The molecular formula is C14H13NO. The van der Waals surface area contributed by atoms with Crippen LogP contribution in [0.3, 0.4) is 0 Å². The number of hydrogen-bond acceptors (Lipinski definition) is 2. The van der Waals surface area contributed by atoms with Gasteiger partial charge in [0.05, 0.1) is 0 Å². The van der Waals surface area contributed by atoms with Crippen molar-refractivity contribution in [2.45, 2.75) is 6.92 Å². The van der Waals surface area contributed by atoms with Crippen LogP contribution in [-0.2, 0) is 0 Å². The molecule has 2 heteroatoms. The molecule has 16 heavy (non-hydrogen) atoms. The number of Topliss-reactive ketones (excluding diaryl/α,β-unsaturated/α-hetero) is 1. The van der Waals surface area contributed by atoms with Crippen LogP contribution in [0, 0.1) is 0 Å². The van der Waals surface area contributed by atoms with Gasteiger partial charge in [-0.15, -0.1) is 0 Å². The average Bonchev–Trinajstić information content (AvgIpc) is 2.30. The maximum Gasteiger partial charge on any atom is 0.159 e. The molecule has 0 aliphatic rings. The molecule has 0 saturated carbocycles. The van der Waals surface area contributed by atoms with Crippen LogP contribution < -0.4 is 5.73 Å². The maximum absolute atomic E-state index is 11.2. The lowest BCUT2D eigenvalue weighted by Gasteiger charge is -2.06. The number of hydrogen-bond donors (Lipinski definition) is 1. The Balaban J connectivity index is 2.48. The summed E-state index contributed by atoms with van der Waals surface area (Å²) in [6, 6.07) is 15.3. The van der Waals surface area contributed by atoms with E-state index in [9.17, 15) is 4.79 Å². The van der Waals surface area contributed by atoms with E-state index in [1.54, 1.807) is 12.1 Å². The minimum Gasteiger partial charge on any atom is -0.398 e. The van der Waals surface area contributed by atoms with Crippen LogP contribution >= 0.6 is 0 Å². The van der Waals surface area contributed by atoms with E-state index in [0.717, 1.165) is 11.1 Å². The molecule has 2 rings (SSSR count). The van der Waals surface area contributed by atoms with Crippen LogP contribution in [0.2, 0.25) is 0 Å². The molecule has 0 fully saturated rings. The molecule has 2 aromatic carbocycles. The summed E-state index contributed by atoms with van der Waals surface area (Å²) < 4.78 is 0. The highest BCUT2D eigenvalue weighted by atomic mass is 16.1. The molecule has 0 amide bonds. The number of nitrogen functional groups attached to an aromatic ring is 1. The predicted molar refractivity (Wildman–Crippen MR) is 66.3 cm³/mol. The van der Waals surface area contributed by atoms with Crippen molar-refractivity contribution in [1.29, 1.82) is 0 Å². The van der Waals surface area contributed by atoms with E-state index >= 15 is 0 Å². The first-order valence-corrected chi connectivity index (χ1v) is 5.14. The van der Waals surface area contributed by atoms with Crippen molar-refractivity contribution in [3.05, 3.63) is 54.1 Å². The van der Waals surface area contributed by atoms with Crippen molar-refractivity contribution in [2.24, 2.45) is 0 Å². The summed E-state index contributed by atoms with van der Waals surface area (Å²) >= 11 is 0. The Kier molecular flexibility index (Phi) is 2.73. The van der Waals surface area contributed by atoms with Gasteiger partial charge < -0.3 is 5.73 Å². The molecular weight excluding hydrogens is 198 g/mol. The van der Waals surface area contributed by atoms with Crippen LogP contribution in [0.5, 0.6) is 0 Å². The lowest BCUT2D eigenvalue weighted by Crippen LogP contribution is -1.96. The highest BCUT2D eigenvalue weighted by Gasteiger charge is 2.05. The first-order valence-electron chi connectivity index (χ1n) is 5.14. The van der Waals surface area contributed by atoms with Crippen molar-refractivity contribution in [2.75, 3.05) is 5.73 Å². The van der Waals surface area contributed by atoms with Gasteiger partial charge in [0.2, 0.25) is 0 Å². The number of carbonyl (C=O) groups is 1. The summed E-state index contributed by atoms with van der Waals surface area (Å²) in [5, 5.41) is 0. The van der Waals surface area contributed by atoms with E-state index in [-0.39, 0.29) is 5.78 Å². The first kappa shape index (κ1) is 10.4. The van der Waals surface area contributed by atoms with Gasteiger partial charge in [0, 0.05) is 16.8 Å². The Labute approximate surface area is 94.7 Å². The van der Waals surface area contributed by atoms with Crippen LogP contribution in [0.4, 0.5) is 5.69 Å². The third-order valence-electron chi connectivity index (χ3n) is 2.54. The van der Waals surface area contributed by atoms with Gasteiger partial charge in [-0.1, -0.05) is 42.5 Å². The van der Waals surface area contributed by atoms with E-state index in [1.165, 1.54) is 6.92 Å². The van der Waals surface area contributed by atoms with Crippen molar-refractivity contribution in [3.8, 4) is 11.1 Å². The Morgan fingerprint density at radius 3 is 2.31 bits per heavy atom. The van der Waals surface area contributed by atoms with E-state index in [0.29, 0.717) is 11.3 Å². The maximum atomic E-state index is 11.2. The van der Waals surface area contributed by atoms with E-state index in [1.807, 2.05) is 36.4 Å². The van der Waals surface area contributed by atoms with Crippen molar-refractivity contribution < 1.29 is 4.79 Å². The smallest absolute Gasteiger partial charge is 0.159 e. The number of benzene rings is 2. The summed E-state index contributed by atoms with van der Waals surface area (Å²) in [6.07, 6.45) is 0. The minimum absolute atomic E-state index is 0.0336. The van der Waals surface area contributed by atoms with Gasteiger partial charge in [-0.2, -0.15) is 0 Å². The highest BCUT2D eigenvalue weighted by Crippen LogP contribution is 2.26. The largest absolute Gasteiger partial charge is 0.398 e. The molecule has 0 aromatic heterocycles. The topological polar surface area (TPSA) is 43.1 Å². The molecule has 0 saturated heterocycles. The van der Waals surface area contributed by atoms with Gasteiger partial charge in [0.1, 0.15) is 0 Å². The summed E-state index contributed by atoms with van der Waals surface area (Å²) in [5.41, 5.74) is 9.26. The molecule has 0 radical (unpaired) electrons. The fourth-order valence-electron chi connectivity index (χ4n) is 1.66. The van der Waals surface area contributed by atoms with Gasteiger partial charge in [0.15, 0.2) is 5.78 Å². The summed E-state index contributed by atoms with van der Waals surface area (Å²) in [6.45, 7) is 1.54. The fraction of sp³-hybridized carbons (Fsp3) is 0.0714. The average molecular weight is 211 g/mol. The molecule has 0 unspecified atom stereocenters. The normalized spacial score (nSPS) is 10.1. The standard InChI is InChI=1S/C14H13NO/c1-10(16)12-7-8-13(14(15)9-12)11-5-3-2-4-6-11/h2-9H,15H2,1H3. The summed E-state index contributed by atoms with van der Waals surface area (Å²) in [4.78, 5) is 11.2. The molecule has 2 N–H and O–H groups in total. The zero-order valence-electron chi connectivity index (χ0n) is 9.10. The second-order valence-corrected chi connectivity index (χ2v) is 3.72. The van der Waals surface area contributed by atoms with Crippen molar-refractivity contribution >= 4 is 11.5 Å². The molecule has 0 spiro atoms. The first-order chi connectivity index (χ1) is 7.68. The predicted octanol–water partition coefficient (Wildman–Crippen LogP) is 3.14. The third kappa shape index (κ3) is 1.96. The molecule has 0 aliphatic carbocycles. The SMILES string of the molecule is CC(=O)c1ccc(-c2ccccc2)c(N)c1. The van der Waals surface area contributed by atoms with Crippen LogP contribution in [-0.4, -0.2) is 5.78 Å². The lowest BCUT2D eigenvalue weighted by molar-refractivity contribution is 0.101. The van der Waals surface area contributed by atoms with Gasteiger partial charge in [-0.3, -0.25) is 4.79 Å². The van der Waals surface area contributed by atoms with Crippen molar-refractivity contribution in [1.82, 2.24) is 0 Å². The van der Waals surface area contributed by atoms with Gasteiger partial charge in [-0.05, 0) is 18.6 Å². The monoisotopic (exact) mass is 211 g/mol. The zero-order valence-corrected chi connectivity index (χ0v) is 9.10. The van der Waals surface area contributed by atoms with Crippen LogP contribution in [0.25, 0.3) is 11.1 Å².